The second-order valence-electron chi connectivity index (χ2n) is 9.13. The second kappa shape index (κ2) is 11.4. The number of benzene rings is 4. The van der Waals surface area contributed by atoms with Gasteiger partial charge in [0.25, 0.3) is 11.6 Å². The average Bonchev–Trinajstić information content (AvgIpc) is 3.49. The zero-order chi connectivity index (χ0) is 29.4. The SMILES string of the molecule is COc1ccc(/C=C2\SC3(SC(c4ccc(Cl)cc4Cl)=NN3c3ccc([N+](=O)[O-])cc3)N(c3ccccc3)C2=O)cc1. The number of hydrazone groups is 1. The van der Waals surface area contributed by atoms with Gasteiger partial charge in [0.05, 0.1) is 27.6 Å². The van der Waals surface area contributed by atoms with Crippen molar-refractivity contribution in [2.45, 2.75) is 4.33 Å². The molecule has 4 aromatic rings. The molecule has 4 aromatic carbocycles. The zero-order valence-corrected chi connectivity index (χ0v) is 25.0. The predicted molar refractivity (Wildman–Crippen MR) is 171 cm³/mol. The van der Waals surface area contributed by atoms with Gasteiger partial charge >= 0.3 is 0 Å². The summed E-state index contributed by atoms with van der Waals surface area (Å²) in [6.45, 7) is 0. The van der Waals surface area contributed by atoms with Crippen molar-refractivity contribution in [2.24, 2.45) is 5.10 Å². The van der Waals surface area contributed by atoms with Gasteiger partial charge in [0.2, 0.25) is 4.33 Å². The van der Waals surface area contributed by atoms with Crippen LogP contribution >= 0.6 is 46.7 Å². The number of halogens is 2. The summed E-state index contributed by atoms with van der Waals surface area (Å²) in [5.41, 5.74) is 2.62. The van der Waals surface area contributed by atoms with E-state index in [9.17, 15) is 14.9 Å². The fourth-order valence-electron chi connectivity index (χ4n) is 4.53. The summed E-state index contributed by atoms with van der Waals surface area (Å²) in [5.74, 6) is 0.485. The van der Waals surface area contributed by atoms with E-state index in [0.29, 0.717) is 42.7 Å². The standard InChI is InChI=1S/C30H20Cl2N4O4S2/c1-40-24-14-7-19(8-15-24)17-27-29(37)34(21-5-3-2-4-6-21)30(41-27)35(22-10-12-23(13-11-22)36(38)39)33-28(42-30)25-16-9-20(31)18-26(25)32/h2-18H,1H3/b27-17-. The summed E-state index contributed by atoms with van der Waals surface area (Å²) >= 11 is 15.5. The normalized spacial score (nSPS) is 19.1. The molecule has 2 heterocycles. The van der Waals surface area contributed by atoms with E-state index < -0.39 is 9.25 Å². The number of methoxy groups -OCH3 is 1. The molecule has 2 aliphatic heterocycles. The summed E-state index contributed by atoms with van der Waals surface area (Å²) in [6, 6.07) is 28.0. The third-order valence-corrected chi connectivity index (χ3v) is 9.82. The molecule has 1 atom stereocenters. The van der Waals surface area contributed by atoms with Crippen molar-refractivity contribution in [1.29, 1.82) is 0 Å². The van der Waals surface area contributed by atoms with Crippen molar-refractivity contribution in [3.05, 3.63) is 133 Å². The summed E-state index contributed by atoms with van der Waals surface area (Å²) in [6.07, 6.45) is 1.83. The molecule has 8 nitrogen and oxygen atoms in total. The number of thioether (sulfide) groups is 2. The van der Waals surface area contributed by atoms with Crippen molar-refractivity contribution in [3.8, 4) is 5.75 Å². The maximum atomic E-state index is 14.3. The van der Waals surface area contributed by atoms with Crippen molar-refractivity contribution in [3.63, 3.8) is 0 Å². The highest BCUT2D eigenvalue weighted by Crippen LogP contribution is 2.60. The van der Waals surface area contributed by atoms with E-state index in [4.69, 9.17) is 33.0 Å². The molecule has 1 saturated heterocycles. The van der Waals surface area contributed by atoms with Gasteiger partial charge in [-0.3, -0.25) is 19.8 Å². The van der Waals surface area contributed by atoms with Gasteiger partial charge in [-0.05, 0) is 78.0 Å². The topological polar surface area (TPSA) is 88.3 Å². The number of rotatable bonds is 6. The number of hydrogen-bond donors (Lipinski definition) is 0. The van der Waals surface area contributed by atoms with E-state index in [-0.39, 0.29) is 11.6 Å². The van der Waals surface area contributed by atoms with E-state index in [0.717, 1.165) is 5.56 Å². The minimum Gasteiger partial charge on any atom is -0.497 e. The number of anilines is 2. The van der Waals surface area contributed by atoms with Crippen LogP contribution in [0.4, 0.5) is 17.1 Å². The molecular formula is C30H20Cl2N4O4S2. The summed E-state index contributed by atoms with van der Waals surface area (Å²) in [5, 5.41) is 19.5. The molecule has 0 aliphatic carbocycles. The molecule has 1 fully saturated rings. The molecule has 2 aliphatic rings. The number of ether oxygens (including phenoxy) is 1. The minimum absolute atomic E-state index is 0.0558. The molecule has 0 bridgehead atoms. The molecule has 1 unspecified atom stereocenters. The number of amides is 1. The Morgan fingerprint density at radius 1 is 0.929 bits per heavy atom. The van der Waals surface area contributed by atoms with Crippen molar-refractivity contribution < 1.29 is 14.5 Å². The number of para-hydroxylation sites is 1. The van der Waals surface area contributed by atoms with Crippen LogP contribution in [0.1, 0.15) is 11.1 Å². The number of nitro groups is 1. The van der Waals surface area contributed by atoms with Crippen LogP contribution in [0.3, 0.4) is 0 Å². The average molecular weight is 636 g/mol. The molecular weight excluding hydrogens is 615 g/mol. The summed E-state index contributed by atoms with van der Waals surface area (Å²) in [4.78, 5) is 27.4. The Labute approximate surface area is 259 Å². The molecule has 42 heavy (non-hydrogen) atoms. The minimum atomic E-state index is -1.16. The first kappa shape index (κ1) is 28.2. The lowest BCUT2D eigenvalue weighted by molar-refractivity contribution is -0.384. The quantitative estimate of drug-likeness (QED) is 0.120. The maximum Gasteiger partial charge on any atom is 0.269 e. The van der Waals surface area contributed by atoms with Gasteiger partial charge in [0.15, 0.2) is 0 Å². The highest BCUT2D eigenvalue weighted by molar-refractivity contribution is 8.28. The number of hydrogen-bond acceptors (Lipinski definition) is 8. The largest absolute Gasteiger partial charge is 0.497 e. The Hall–Kier alpha value is -3.96. The van der Waals surface area contributed by atoms with E-state index in [1.165, 1.54) is 35.7 Å². The van der Waals surface area contributed by atoms with E-state index in [1.54, 1.807) is 47.4 Å². The van der Waals surface area contributed by atoms with Crippen LogP contribution in [-0.2, 0) is 4.79 Å². The van der Waals surface area contributed by atoms with Gasteiger partial charge in [-0.25, -0.2) is 5.01 Å². The molecule has 210 valence electrons. The second-order valence-corrected chi connectivity index (χ2v) is 12.6. The Morgan fingerprint density at radius 2 is 1.64 bits per heavy atom. The molecule has 0 radical (unpaired) electrons. The fraction of sp³-hybridized carbons (Fsp3) is 0.0667. The van der Waals surface area contributed by atoms with Gasteiger partial charge < -0.3 is 4.74 Å². The van der Waals surface area contributed by atoms with Crippen LogP contribution in [0.15, 0.2) is 107 Å². The number of carbonyl (C=O) groups excluding carboxylic acids is 1. The van der Waals surface area contributed by atoms with Crippen LogP contribution in [0, 0.1) is 10.1 Å². The predicted octanol–water partition coefficient (Wildman–Crippen LogP) is 8.26. The van der Waals surface area contributed by atoms with Crippen LogP contribution < -0.4 is 14.6 Å². The van der Waals surface area contributed by atoms with Gasteiger partial charge in [-0.15, -0.1) is 0 Å². The van der Waals surface area contributed by atoms with Gasteiger partial charge in [-0.1, -0.05) is 65.3 Å². The maximum absolute atomic E-state index is 14.3. The zero-order valence-electron chi connectivity index (χ0n) is 21.8. The Bertz CT molecular complexity index is 1750. The molecule has 1 amide bonds. The third kappa shape index (κ3) is 5.11. The van der Waals surface area contributed by atoms with Crippen molar-refractivity contribution in [1.82, 2.24) is 0 Å². The fourth-order valence-corrected chi connectivity index (χ4v) is 8.10. The van der Waals surface area contributed by atoms with Gasteiger partial charge in [0, 0.05) is 28.4 Å². The van der Waals surface area contributed by atoms with Crippen LogP contribution in [0.2, 0.25) is 10.0 Å². The first-order valence-corrected chi connectivity index (χ1v) is 14.9. The van der Waals surface area contributed by atoms with E-state index >= 15 is 0 Å². The monoisotopic (exact) mass is 634 g/mol. The van der Waals surface area contributed by atoms with E-state index in [2.05, 4.69) is 0 Å². The first-order valence-electron chi connectivity index (χ1n) is 12.5. The molecule has 0 saturated carbocycles. The summed E-state index contributed by atoms with van der Waals surface area (Å²) in [7, 11) is 1.60. The number of nitro benzene ring substituents is 1. The molecule has 12 heteroatoms. The smallest absolute Gasteiger partial charge is 0.269 e. The first-order chi connectivity index (χ1) is 20.3. The van der Waals surface area contributed by atoms with E-state index in [1.807, 2.05) is 60.7 Å². The highest BCUT2D eigenvalue weighted by atomic mass is 35.5. The third-order valence-electron chi connectivity index (χ3n) is 6.52. The number of carbonyl (C=O) groups is 1. The molecule has 0 aromatic heterocycles. The lowest BCUT2D eigenvalue weighted by atomic mass is 10.2. The Morgan fingerprint density at radius 3 is 2.29 bits per heavy atom. The van der Waals surface area contributed by atoms with Crippen LogP contribution in [-0.4, -0.2) is 27.3 Å². The van der Waals surface area contributed by atoms with Gasteiger partial charge in [0.1, 0.15) is 10.8 Å². The summed E-state index contributed by atoms with van der Waals surface area (Å²) < 4.78 is 4.12. The Balaban J connectivity index is 1.52. The lowest BCUT2D eigenvalue weighted by Crippen LogP contribution is -2.51. The molecule has 6 rings (SSSR count). The number of non-ortho nitro benzene ring substituents is 1. The number of nitrogens with zero attached hydrogens (tertiary/aromatic N) is 4. The van der Waals surface area contributed by atoms with Crippen molar-refractivity contribution >= 4 is 80.8 Å². The molecule has 0 N–H and O–H groups in total. The molecule has 1 spiro atoms. The van der Waals surface area contributed by atoms with Crippen molar-refractivity contribution in [2.75, 3.05) is 17.0 Å². The van der Waals surface area contributed by atoms with Crippen LogP contribution in [0.5, 0.6) is 5.75 Å². The Kier molecular flexibility index (Phi) is 7.63. The van der Waals surface area contributed by atoms with Crippen LogP contribution in [0.25, 0.3) is 6.08 Å². The van der Waals surface area contributed by atoms with Gasteiger partial charge in [-0.2, -0.15) is 5.10 Å². The lowest BCUT2D eigenvalue weighted by Gasteiger charge is -2.38. The highest BCUT2D eigenvalue weighted by Gasteiger charge is 2.59.